The molecule has 1 saturated heterocycles. The van der Waals surface area contributed by atoms with Crippen molar-refractivity contribution in [3.8, 4) is 0 Å². The van der Waals surface area contributed by atoms with Crippen molar-refractivity contribution in [2.24, 2.45) is 0 Å². The highest BCUT2D eigenvalue weighted by atomic mass is 16.5. The normalized spacial score (nSPS) is 22.8. The molecule has 2 unspecified atom stereocenters. The van der Waals surface area contributed by atoms with Gasteiger partial charge in [-0.15, -0.1) is 0 Å². The van der Waals surface area contributed by atoms with E-state index in [1.165, 1.54) is 16.3 Å². The molecule has 1 aliphatic heterocycles. The largest absolute Gasteiger partial charge is 0.372 e. The molecule has 3 rings (SSSR count). The van der Waals surface area contributed by atoms with Gasteiger partial charge in [0.2, 0.25) is 0 Å². The quantitative estimate of drug-likeness (QED) is 0.864. The van der Waals surface area contributed by atoms with E-state index in [-0.39, 0.29) is 17.9 Å². The molecule has 3 heteroatoms. The Morgan fingerprint density at radius 3 is 2.76 bits per heavy atom. The minimum Gasteiger partial charge on any atom is -0.372 e. The van der Waals surface area contributed by atoms with Crippen LogP contribution in [0.25, 0.3) is 10.8 Å². The first-order chi connectivity index (χ1) is 10.1. The number of nitrogens with zero attached hydrogens (tertiary/aromatic N) is 1. The van der Waals surface area contributed by atoms with Crippen LogP contribution in [0.5, 0.6) is 0 Å². The molecular weight excluding hydrogens is 262 g/mol. The zero-order valence-corrected chi connectivity index (χ0v) is 12.6. The van der Waals surface area contributed by atoms with Gasteiger partial charge in [0, 0.05) is 6.54 Å². The van der Waals surface area contributed by atoms with Crippen molar-refractivity contribution in [1.82, 2.24) is 4.90 Å². The number of hydrogen-bond acceptors (Lipinski definition) is 3. The molecule has 2 atom stereocenters. The van der Waals surface area contributed by atoms with Gasteiger partial charge >= 0.3 is 0 Å². The average Bonchev–Trinajstić information content (AvgIpc) is 2.86. The summed E-state index contributed by atoms with van der Waals surface area (Å²) in [5.41, 5.74) is 1.21. The van der Waals surface area contributed by atoms with Gasteiger partial charge in [0.25, 0.3) is 0 Å². The summed E-state index contributed by atoms with van der Waals surface area (Å²) in [6.07, 6.45) is 0.944. The van der Waals surface area contributed by atoms with E-state index in [9.17, 15) is 4.79 Å². The highest BCUT2D eigenvalue weighted by Gasteiger charge is 2.32. The number of fused-ring (bicyclic) bond motifs is 1. The molecule has 110 valence electrons. The smallest absolute Gasteiger partial charge is 0.146 e. The minimum absolute atomic E-state index is 0.0162. The molecule has 0 aliphatic carbocycles. The number of carbonyl (C=O) groups excluding carboxylic acids is 1. The van der Waals surface area contributed by atoms with Crippen molar-refractivity contribution in [1.29, 1.82) is 0 Å². The number of benzene rings is 2. The maximum atomic E-state index is 11.6. The Bertz CT molecular complexity index is 647. The van der Waals surface area contributed by atoms with E-state index in [4.69, 9.17) is 4.74 Å². The molecule has 2 aromatic carbocycles. The number of Topliss-reactive ketones (excluding diaryl/α,β-unsaturated/α-hetero) is 1. The van der Waals surface area contributed by atoms with Crippen molar-refractivity contribution in [2.45, 2.75) is 32.1 Å². The van der Waals surface area contributed by atoms with E-state index in [2.05, 4.69) is 47.4 Å². The maximum Gasteiger partial charge on any atom is 0.146 e. The zero-order chi connectivity index (χ0) is 14.8. The number of rotatable bonds is 4. The molecule has 1 heterocycles. The van der Waals surface area contributed by atoms with Crippen molar-refractivity contribution < 1.29 is 9.53 Å². The fraction of sp³-hybridized carbons (Fsp3) is 0.389. The van der Waals surface area contributed by atoms with Gasteiger partial charge in [0.15, 0.2) is 0 Å². The van der Waals surface area contributed by atoms with Crippen molar-refractivity contribution in [3.05, 3.63) is 48.0 Å². The Balaban J connectivity index is 1.69. The third kappa shape index (κ3) is 2.99. The van der Waals surface area contributed by atoms with Crippen LogP contribution in [0.4, 0.5) is 0 Å². The summed E-state index contributed by atoms with van der Waals surface area (Å²) in [4.78, 5) is 13.6. The molecule has 0 spiro atoms. The van der Waals surface area contributed by atoms with E-state index in [0.717, 1.165) is 13.0 Å². The molecule has 0 saturated carbocycles. The lowest BCUT2D eigenvalue weighted by atomic mass is 10.1. The number of likely N-dealkylation sites (N-methyl/N-ethyl adjacent to an activating group) is 1. The molecule has 0 amide bonds. The van der Waals surface area contributed by atoms with E-state index < -0.39 is 0 Å². The van der Waals surface area contributed by atoms with Crippen LogP contribution in [-0.2, 0) is 16.1 Å². The number of ketones is 1. The lowest BCUT2D eigenvalue weighted by Gasteiger charge is -2.14. The fourth-order valence-corrected chi connectivity index (χ4v) is 3.17. The summed E-state index contributed by atoms with van der Waals surface area (Å²) in [5.74, 6) is 0.230. The lowest BCUT2D eigenvalue weighted by molar-refractivity contribution is -0.120. The van der Waals surface area contributed by atoms with Gasteiger partial charge in [-0.25, -0.2) is 0 Å². The van der Waals surface area contributed by atoms with Crippen LogP contribution in [0.3, 0.4) is 0 Å². The number of likely N-dealkylation sites (tertiary alicyclic amines) is 1. The van der Waals surface area contributed by atoms with Gasteiger partial charge in [-0.3, -0.25) is 9.69 Å². The molecule has 1 aliphatic rings. The van der Waals surface area contributed by atoms with Crippen LogP contribution >= 0.6 is 0 Å². The second-order valence-electron chi connectivity index (χ2n) is 5.87. The summed E-state index contributed by atoms with van der Waals surface area (Å²) in [5, 5.41) is 2.48. The van der Waals surface area contributed by atoms with Gasteiger partial charge < -0.3 is 4.74 Å². The summed E-state index contributed by atoms with van der Waals surface area (Å²) in [6.45, 7) is 3.09. The Morgan fingerprint density at radius 2 is 2.00 bits per heavy atom. The number of hydrogen-bond donors (Lipinski definition) is 0. The molecule has 1 fully saturated rings. The topological polar surface area (TPSA) is 29.5 Å². The molecule has 2 aromatic rings. The maximum absolute atomic E-state index is 11.6. The van der Waals surface area contributed by atoms with Crippen LogP contribution in [-0.4, -0.2) is 36.4 Å². The SMILES string of the molecule is CC(=O)C1CC(OCc2cccc3ccccc23)CN1C. The van der Waals surface area contributed by atoms with Gasteiger partial charge in [-0.05, 0) is 36.7 Å². The first-order valence-electron chi connectivity index (χ1n) is 7.44. The predicted molar refractivity (Wildman–Crippen MR) is 84.2 cm³/mol. The van der Waals surface area contributed by atoms with Crippen LogP contribution in [0.15, 0.2) is 42.5 Å². The standard InChI is InChI=1S/C18H21NO2/c1-13(20)18-10-16(11-19(18)2)21-12-15-8-5-7-14-6-3-4-9-17(14)15/h3-9,16,18H,10-12H2,1-2H3. The highest BCUT2D eigenvalue weighted by Crippen LogP contribution is 2.23. The first-order valence-corrected chi connectivity index (χ1v) is 7.44. The first kappa shape index (κ1) is 14.2. The van der Waals surface area contributed by atoms with E-state index in [1.54, 1.807) is 6.92 Å². The third-order valence-electron chi connectivity index (χ3n) is 4.33. The second-order valence-corrected chi connectivity index (χ2v) is 5.87. The van der Waals surface area contributed by atoms with E-state index in [1.807, 2.05) is 7.05 Å². The molecule has 0 bridgehead atoms. The predicted octanol–water partition coefficient (Wildman–Crippen LogP) is 3.02. The van der Waals surface area contributed by atoms with Crippen LogP contribution in [0.2, 0.25) is 0 Å². The Hall–Kier alpha value is -1.71. The molecule has 21 heavy (non-hydrogen) atoms. The number of ether oxygens (including phenoxy) is 1. The second kappa shape index (κ2) is 5.96. The van der Waals surface area contributed by atoms with Crippen molar-refractivity contribution in [3.63, 3.8) is 0 Å². The Morgan fingerprint density at radius 1 is 1.24 bits per heavy atom. The van der Waals surface area contributed by atoms with E-state index >= 15 is 0 Å². The Kier molecular flexibility index (Phi) is 4.04. The summed E-state index contributed by atoms with van der Waals surface area (Å²) in [7, 11) is 1.99. The van der Waals surface area contributed by atoms with E-state index in [0.29, 0.717) is 6.61 Å². The highest BCUT2D eigenvalue weighted by molar-refractivity contribution is 5.85. The summed E-state index contributed by atoms with van der Waals surface area (Å²) < 4.78 is 6.05. The van der Waals surface area contributed by atoms with Crippen LogP contribution in [0.1, 0.15) is 18.9 Å². The molecule has 3 nitrogen and oxygen atoms in total. The van der Waals surface area contributed by atoms with Crippen LogP contribution < -0.4 is 0 Å². The van der Waals surface area contributed by atoms with Gasteiger partial charge in [-0.2, -0.15) is 0 Å². The third-order valence-corrected chi connectivity index (χ3v) is 4.33. The summed E-state index contributed by atoms with van der Waals surface area (Å²) in [6, 6.07) is 14.7. The molecule has 0 aromatic heterocycles. The zero-order valence-electron chi connectivity index (χ0n) is 12.6. The molecular formula is C18H21NO2. The van der Waals surface area contributed by atoms with Crippen LogP contribution in [0, 0.1) is 0 Å². The van der Waals surface area contributed by atoms with Crippen molar-refractivity contribution >= 4 is 16.6 Å². The van der Waals surface area contributed by atoms with Crippen molar-refractivity contribution in [2.75, 3.05) is 13.6 Å². The minimum atomic E-state index is 0.0162. The fourth-order valence-electron chi connectivity index (χ4n) is 3.17. The summed E-state index contributed by atoms with van der Waals surface area (Å²) >= 11 is 0. The monoisotopic (exact) mass is 283 g/mol. The van der Waals surface area contributed by atoms with Gasteiger partial charge in [0.05, 0.1) is 18.8 Å². The number of carbonyl (C=O) groups is 1. The van der Waals surface area contributed by atoms with Gasteiger partial charge in [-0.1, -0.05) is 42.5 Å². The molecule has 0 N–H and O–H groups in total. The Labute approximate surface area is 125 Å². The van der Waals surface area contributed by atoms with Gasteiger partial charge in [0.1, 0.15) is 5.78 Å². The lowest BCUT2D eigenvalue weighted by Crippen LogP contribution is -2.30. The average molecular weight is 283 g/mol. The molecule has 0 radical (unpaired) electrons.